The molecule has 0 spiro atoms. The van der Waals surface area contributed by atoms with E-state index < -0.39 is 0 Å². The maximum atomic E-state index is 12.8. The second-order valence-electron chi connectivity index (χ2n) is 6.51. The Balaban J connectivity index is 2.00. The molecule has 0 atom stereocenters. The zero-order valence-corrected chi connectivity index (χ0v) is 14.5. The van der Waals surface area contributed by atoms with Crippen LogP contribution in [0.25, 0.3) is 16.6 Å². The molecule has 4 rings (SSSR count). The summed E-state index contributed by atoms with van der Waals surface area (Å²) >= 11 is 6.35. The first kappa shape index (κ1) is 16.3. The number of aliphatic hydroxyl groups is 1. The predicted octanol–water partition coefficient (Wildman–Crippen LogP) is 3.84. The van der Waals surface area contributed by atoms with E-state index in [-0.39, 0.29) is 12.3 Å². The molecule has 1 heterocycles. The van der Waals surface area contributed by atoms with Crippen LogP contribution in [0.1, 0.15) is 36.4 Å². The highest BCUT2D eigenvalue weighted by atomic mass is 35.5. The van der Waals surface area contributed by atoms with Crippen LogP contribution in [-0.4, -0.2) is 21.3 Å². The Morgan fingerprint density at radius 2 is 2.00 bits per heavy atom. The Morgan fingerprint density at radius 3 is 2.72 bits per heavy atom. The molecule has 1 fully saturated rings. The molecule has 1 aliphatic carbocycles. The smallest absolute Gasteiger partial charge is 0.352 e. The fraction of sp³-hybridized carbons (Fsp3) is 0.300. The van der Waals surface area contributed by atoms with E-state index in [2.05, 4.69) is 23.2 Å². The van der Waals surface area contributed by atoms with Gasteiger partial charge in [0.05, 0.1) is 21.9 Å². The number of rotatable bonds is 5. The van der Waals surface area contributed by atoms with Crippen LogP contribution in [0.15, 0.2) is 47.3 Å². The maximum Gasteiger partial charge on any atom is 0.352 e. The number of aryl methyl sites for hydroxylation is 1. The van der Waals surface area contributed by atoms with Crippen molar-refractivity contribution in [1.29, 1.82) is 0 Å². The van der Waals surface area contributed by atoms with E-state index in [0.29, 0.717) is 29.5 Å². The lowest BCUT2D eigenvalue weighted by molar-refractivity contribution is 0.288. The van der Waals surface area contributed by atoms with Crippen molar-refractivity contribution in [2.75, 3.05) is 6.61 Å². The van der Waals surface area contributed by atoms with Gasteiger partial charge in [-0.05, 0) is 55.4 Å². The monoisotopic (exact) mass is 354 g/mol. The summed E-state index contributed by atoms with van der Waals surface area (Å²) in [5, 5.41) is 10.6. The molecule has 1 aliphatic rings. The molecule has 3 aromatic rings. The van der Waals surface area contributed by atoms with Crippen LogP contribution in [-0.2, 0) is 6.42 Å². The van der Waals surface area contributed by atoms with E-state index in [9.17, 15) is 4.79 Å². The summed E-state index contributed by atoms with van der Waals surface area (Å²) in [5.41, 5.74) is 3.15. The summed E-state index contributed by atoms with van der Waals surface area (Å²) in [6, 6.07) is 13.6. The number of fused-ring (bicyclic) bond motifs is 1. The first-order valence-corrected chi connectivity index (χ1v) is 8.98. The number of halogens is 1. The minimum atomic E-state index is -0.332. The van der Waals surface area contributed by atoms with Crippen molar-refractivity contribution >= 4 is 22.5 Å². The molecule has 25 heavy (non-hydrogen) atoms. The van der Waals surface area contributed by atoms with Gasteiger partial charge in [-0.25, -0.2) is 4.79 Å². The average Bonchev–Trinajstić information content (AvgIpc) is 3.45. The molecule has 0 aliphatic heterocycles. The Hall–Kier alpha value is -2.17. The summed E-state index contributed by atoms with van der Waals surface area (Å²) in [4.78, 5) is 17.1. The van der Waals surface area contributed by atoms with Gasteiger partial charge >= 0.3 is 5.69 Å². The Labute approximate surface area is 150 Å². The van der Waals surface area contributed by atoms with Crippen LogP contribution in [0, 0.1) is 0 Å². The van der Waals surface area contributed by atoms with Gasteiger partial charge in [-0.1, -0.05) is 35.9 Å². The molecular formula is C20H19ClN2O2. The van der Waals surface area contributed by atoms with Gasteiger partial charge in [-0.2, -0.15) is 4.98 Å². The van der Waals surface area contributed by atoms with E-state index in [4.69, 9.17) is 16.7 Å². The van der Waals surface area contributed by atoms with Crippen molar-refractivity contribution < 1.29 is 5.11 Å². The highest BCUT2D eigenvalue weighted by Crippen LogP contribution is 2.41. The number of para-hydroxylation sites is 1. The molecule has 1 aromatic heterocycles. The Kier molecular flexibility index (Phi) is 4.32. The van der Waals surface area contributed by atoms with Gasteiger partial charge in [-0.3, -0.25) is 4.57 Å². The second-order valence-corrected chi connectivity index (χ2v) is 6.91. The average molecular weight is 355 g/mol. The van der Waals surface area contributed by atoms with E-state index in [0.717, 1.165) is 16.6 Å². The predicted molar refractivity (Wildman–Crippen MR) is 99.7 cm³/mol. The molecule has 128 valence electrons. The van der Waals surface area contributed by atoms with Crippen molar-refractivity contribution in [2.45, 2.75) is 31.6 Å². The highest BCUT2D eigenvalue weighted by Gasteiger charge is 2.24. The third-order valence-electron chi connectivity index (χ3n) is 4.71. The summed E-state index contributed by atoms with van der Waals surface area (Å²) in [7, 11) is 0. The maximum absolute atomic E-state index is 12.8. The molecule has 1 N–H and O–H groups in total. The number of nitrogens with zero attached hydrogens (tertiary/aromatic N) is 2. The van der Waals surface area contributed by atoms with Crippen LogP contribution >= 0.6 is 11.6 Å². The SMILES string of the molecule is O=c1nc(CCCO)c2ccc(C3CC3)cc2n1-c1ccccc1Cl. The molecule has 2 aromatic carbocycles. The topological polar surface area (TPSA) is 55.1 Å². The van der Waals surface area contributed by atoms with Crippen LogP contribution in [0.2, 0.25) is 5.02 Å². The van der Waals surface area contributed by atoms with E-state index in [1.54, 1.807) is 10.6 Å². The number of aliphatic hydroxyl groups excluding tert-OH is 1. The lowest BCUT2D eigenvalue weighted by atomic mass is 10.0. The molecule has 4 nitrogen and oxygen atoms in total. The normalized spacial score (nSPS) is 14.2. The van der Waals surface area contributed by atoms with Crippen molar-refractivity contribution in [3.63, 3.8) is 0 Å². The molecule has 0 amide bonds. The van der Waals surface area contributed by atoms with Gasteiger partial charge in [-0.15, -0.1) is 0 Å². The molecular weight excluding hydrogens is 336 g/mol. The zero-order valence-electron chi connectivity index (χ0n) is 13.8. The molecule has 0 radical (unpaired) electrons. The number of benzene rings is 2. The summed E-state index contributed by atoms with van der Waals surface area (Å²) in [5.74, 6) is 0.591. The first-order valence-electron chi connectivity index (χ1n) is 8.60. The van der Waals surface area contributed by atoms with Crippen molar-refractivity contribution in [1.82, 2.24) is 9.55 Å². The minimum Gasteiger partial charge on any atom is -0.396 e. The summed E-state index contributed by atoms with van der Waals surface area (Å²) < 4.78 is 1.60. The fourth-order valence-corrected chi connectivity index (χ4v) is 3.50. The van der Waals surface area contributed by atoms with Gasteiger partial charge in [0.15, 0.2) is 0 Å². The Bertz CT molecular complexity index is 993. The van der Waals surface area contributed by atoms with E-state index >= 15 is 0 Å². The Morgan fingerprint density at radius 1 is 1.20 bits per heavy atom. The fourth-order valence-electron chi connectivity index (χ4n) is 3.28. The third kappa shape index (κ3) is 3.08. The lowest BCUT2D eigenvalue weighted by Gasteiger charge is -2.15. The summed E-state index contributed by atoms with van der Waals surface area (Å²) in [6.07, 6.45) is 3.56. The largest absolute Gasteiger partial charge is 0.396 e. The van der Waals surface area contributed by atoms with Gasteiger partial charge in [0, 0.05) is 12.0 Å². The van der Waals surface area contributed by atoms with Gasteiger partial charge in [0.2, 0.25) is 0 Å². The molecule has 0 bridgehead atoms. The molecule has 0 saturated heterocycles. The van der Waals surface area contributed by atoms with E-state index in [1.807, 2.05) is 18.2 Å². The van der Waals surface area contributed by atoms with E-state index in [1.165, 1.54) is 18.4 Å². The van der Waals surface area contributed by atoms with Gasteiger partial charge < -0.3 is 5.11 Å². The van der Waals surface area contributed by atoms with Gasteiger partial charge in [0.1, 0.15) is 0 Å². The van der Waals surface area contributed by atoms with Crippen LogP contribution < -0.4 is 5.69 Å². The standard InChI is InChI=1S/C20H19ClN2O2/c21-16-4-1-2-6-18(16)23-19-12-14(13-7-8-13)9-10-15(19)17(5-3-11-24)22-20(23)25/h1-2,4,6,9-10,12-13,24H,3,5,7-8,11H2. The van der Waals surface area contributed by atoms with Crippen molar-refractivity contribution in [2.24, 2.45) is 0 Å². The molecule has 1 saturated carbocycles. The number of hydrogen-bond donors (Lipinski definition) is 1. The minimum absolute atomic E-state index is 0.0803. The quantitative estimate of drug-likeness (QED) is 0.757. The number of hydrogen-bond acceptors (Lipinski definition) is 3. The second kappa shape index (κ2) is 6.62. The lowest BCUT2D eigenvalue weighted by Crippen LogP contribution is -2.24. The van der Waals surface area contributed by atoms with Gasteiger partial charge in [0.25, 0.3) is 0 Å². The molecule has 5 heteroatoms. The molecule has 0 unspecified atom stereocenters. The summed E-state index contributed by atoms with van der Waals surface area (Å²) in [6.45, 7) is 0.0803. The first-order chi connectivity index (χ1) is 12.2. The van der Waals surface area contributed by atoms with Crippen LogP contribution in [0.5, 0.6) is 0 Å². The van der Waals surface area contributed by atoms with Crippen LogP contribution in [0.4, 0.5) is 0 Å². The van der Waals surface area contributed by atoms with Crippen molar-refractivity contribution in [3.8, 4) is 5.69 Å². The number of aromatic nitrogens is 2. The zero-order chi connectivity index (χ0) is 17.4. The third-order valence-corrected chi connectivity index (χ3v) is 5.03. The highest BCUT2D eigenvalue weighted by molar-refractivity contribution is 6.32. The van der Waals surface area contributed by atoms with Crippen molar-refractivity contribution in [3.05, 3.63) is 69.2 Å². The van der Waals surface area contributed by atoms with Crippen LogP contribution in [0.3, 0.4) is 0 Å².